The van der Waals surface area contributed by atoms with Crippen LogP contribution in [0.1, 0.15) is 5.56 Å². The van der Waals surface area contributed by atoms with E-state index in [0.29, 0.717) is 27.8 Å². The first kappa shape index (κ1) is 21.2. The molecule has 1 fully saturated rings. The molecule has 3 N–H and O–H groups in total. The van der Waals surface area contributed by atoms with E-state index in [0.717, 1.165) is 0 Å². The Kier molecular flexibility index (Phi) is 5.87. The summed E-state index contributed by atoms with van der Waals surface area (Å²) in [6.45, 7) is 0. The van der Waals surface area contributed by atoms with Crippen molar-refractivity contribution in [3.8, 4) is 5.75 Å². The lowest BCUT2D eigenvalue weighted by Gasteiger charge is -2.49. The fourth-order valence-electron chi connectivity index (χ4n) is 3.31. The summed E-state index contributed by atoms with van der Waals surface area (Å²) in [6.07, 6.45) is 0.0523. The van der Waals surface area contributed by atoms with Crippen molar-refractivity contribution in [2.45, 2.75) is 23.0 Å². The average Bonchev–Trinajstić information content (AvgIpc) is 3.16. The van der Waals surface area contributed by atoms with Gasteiger partial charge in [-0.05, 0) is 33.7 Å². The number of carbonyl (C=O) groups is 3. The van der Waals surface area contributed by atoms with Crippen molar-refractivity contribution in [2.75, 3.05) is 11.5 Å². The summed E-state index contributed by atoms with van der Waals surface area (Å²) in [5.41, 5.74) is 1.25. The predicted molar refractivity (Wildman–Crippen MR) is 111 cm³/mol. The maximum atomic E-state index is 12.7. The first-order chi connectivity index (χ1) is 14.8. The molecule has 11 nitrogen and oxygen atoms in total. The molecule has 3 heterocycles. The number of fused-ring (bicyclic) bond motifs is 1. The standard InChI is InChI=1S/C18H18N6O5S2/c1-23-18(20-21-22-23)31-8-10-7-30-16-13(15(27)24(16)14(10)17(28)29)19-12(26)6-9-2-4-11(25)5-3-9/h2-5,13,16,25H,6-8H2,1H3,(H,19,26)(H,28,29)/t13?,16-/m0/s1. The van der Waals surface area contributed by atoms with Gasteiger partial charge >= 0.3 is 5.97 Å². The van der Waals surface area contributed by atoms with E-state index in [1.54, 1.807) is 19.2 Å². The van der Waals surface area contributed by atoms with E-state index in [4.69, 9.17) is 0 Å². The van der Waals surface area contributed by atoms with Crippen LogP contribution >= 0.6 is 23.5 Å². The SMILES string of the molecule is Cn1nnnc1SCC1=C(C(=O)O)N2C(=O)C(NC(=O)Cc3ccc(O)cc3)[C@@H]2SC1. The number of hydrogen-bond donors (Lipinski definition) is 3. The van der Waals surface area contributed by atoms with E-state index in [9.17, 15) is 24.6 Å². The number of benzene rings is 1. The van der Waals surface area contributed by atoms with Crippen molar-refractivity contribution in [2.24, 2.45) is 7.05 Å². The molecule has 2 aliphatic heterocycles. The zero-order chi connectivity index (χ0) is 22.1. The Bertz CT molecular complexity index is 1070. The second-order valence-electron chi connectivity index (χ2n) is 6.93. The number of aromatic hydroxyl groups is 1. The van der Waals surface area contributed by atoms with E-state index in [2.05, 4.69) is 20.8 Å². The molecule has 0 bridgehead atoms. The normalized spacial score (nSPS) is 20.3. The van der Waals surface area contributed by atoms with Gasteiger partial charge in [0.05, 0.1) is 6.42 Å². The van der Waals surface area contributed by atoms with Crippen LogP contribution in [0.25, 0.3) is 0 Å². The van der Waals surface area contributed by atoms with Crippen LogP contribution in [0, 0.1) is 0 Å². The van der Waals surface area contributed by atoms with E-state index in [1.807, 2.05) is 0 Å². The molecule has 0 spiro atoms. The van der Waals surface area contributed by atoms with E-state index in [-0.39, 0.29) is 23.8 Å². The van der Waals surface area contributed by atoms with Gasteiger partial charge in [0.15, 0.2) is 0 Å². The van der Waals surface area contributed by atoms with Gasteiger partial charge in [-0.2, -0.15) is 0 Å². The fraction of sp³-hybridized carbons (Fsp3) is 0.333. The van der Waals surface area contributed by atoms with Crippen LogP contribution in [0.2, 0.25) is 0 Å². The molecule has 162 valence electrons. The van der Waals surface area contributed by atoms with Crippen LogP contribution in [0.4, 0.5) is 0 Å². The molecule has 1 saturated heterocycles. The van der Waals surface area contributed by atoms with Crippen LogP contribution in [0.15, 0.2) is 40.7 Å². The summed E-state index contributed by atoms with van der Waals surface area (Å²) < 4.78 is 1.49. The number of carboxylic acid groups (broad SMARTS) is 1. The number of phenols is 1. The van der Waals surface area contributed by atoms with E-state index in [1.165, 1.54) is 45.2 Å². The maximum Gasteiger partial charge on any atom is 0.352 e. The molecule has 0 aliphatic carbocycles. The number of β-lactam (4-membered cyclic amide) rings is 1. The molecule has 4 rings (SSSR count). The first-order valence-corrected chi connectivity index (χ1v) is 11.2. The highest BCUT2D eigenvalue weighted by Crippen LogP contribution is 2.41. The molecule has 31 heavy (non-hydrogen) atoms. The highest BCUT2D eigenvalue weighted by atomic mass is 32.2. The summed E-state index contributed by atoms with van der Waals surface area (Å²) in [5.74, 6) is -1.13. The number of nitrogens with zero attached hydrogens (tertiary/aromatic N) is 5. The first-order valence-electron chi connectivity index (χ1n) is 9.17. The minimum atomic E-state index is -1.18. The average molecular weight is 463 g/mol. The maximum absolute atomic E-state index is 12.7. The second-order valence-corrected chi connectivity index (χ2v) is 8.98. The summed E-state index contributed by atoms with van der Waals surface area (Å²) in [7, 11) is 1.69. The number of hydrogen-bond acceptors (Lipinski definition) is 9. The van der Waals surface area contributed by atoms with Gasteiger partial charge in [0, 0.05) is 18.6 Å². The molecule has 1 unspecified atom stereocenters. The Hall–Kier alpha value is -3.06. The number of nitrogens with one attached hydrogen (secondary N) is 1. The smallest absolute Gasteiger partial charge is 0.352 e. The van der Waals surface area contributed by atoms with Gasteiger partial charge < -0.3 is 15.5 Å². The predicted octanol–water partition coefficient (Wildman–Crippen LogP) is -0.0109. The number of carboxylic acids is 1. The Labute approximate surface area is 184 Å². The quantitative estimate of drug-likeness (QED) is 0.378. The van der Waals surface area contributed by atoms with E-state index < -0.39 is 23.3 Å². The lowest BCUT2D eigenvalue weighted by molar-refractivity contribution is -0.150. The molecule has 1 aromatic heterocycles. The van der Waals surface area contributed by atoms with E-state index >= 15 is 0 Å². The number of thioether (sulfide) groups is 2. The van der Waals surface area contributed by atoms with Crippen LogP contribution in [-0.4, -0.2) is 76.0 Å². The number of amides is 2. The van der Waals surface area contributed by atoms with Crippen molar-refractivity contribution in [3.05, 3.63) is 41.1 Å². The van der Waals surface area contributed by atoms with Gasteiger partial charge in [0.25, 0.3) is 5.91 Å². The number of rotatable bonds is 7. The molecule has 0 saturated carbocycles. The third-order valence-corrected chi connectivity index (χ3v) is 7.26. The molecule has 2 amide bonds. The third kappa shape index (κ3) is 4.23. The number of aliphatic carboxylic acids is 1. The van der Waals surface area contributed by atoms with Crippen molar-refractivity contribution < 1.29 is 24.6 Å². The Morgan fingerprint density at radius 3 is 2.71 bits per heavy atom. The van der Waals surface area contributed by atoms with Crippen molar-refractivity contribution in [1.29, 1.82) is 0 Å². The molecule has 2 aromatic rings. The van der Waals surface area contributed by atoms with Crippen LogP contribution in [0.3, 0.4) is 0 Å². The van der Waals surface area contributed by atoms with Crippen molar-refractivity contribution in [1.82, 2.24) is 30.4 Å². The van der Waals surface area contributed by atoms with Gasteiger partial charge in [-0.15, -0.1) is 16.9 Å². The molecular formula is C18H18N6O5S2. The highest BCUT2D eigenvalue weighted by Gasteiger charge is 2.54. The third-order valence-electron chi connectivity index (χ3n) is 4.82. The molecular weight excluding hydrogens is 444 g/mol. The summed E-state index contributed by atoms with van der Waals surface area (Å²) in [5, 5.41) is 33.0. The topological polar surface area (TPSA) is 151 Å². The zero-order valence-electron chi connectivity index (χ0n) is 16.3. The molecule has 0 radical (unpaired) electrons. The number of aromatic nitrogens is 4. The summed E-state index contributed by atoms with van der Waals surface area (Å²) in [6, 6.07) is 5.44. The lowest BCUT2D eigenvalue weighted by Crippen LogP contribution is -2.70. The Morgan fingerprint density at radius 2 is 2.06 bits per heavy atom. The minimum absolute atomic E-state index is 0.0413. The lowest BCUT2D eigenvalue weighted by atomic mass is 10.0. The monoisotopic (exact) mass is 462 g/mol. The Morgan fingerprint density at radius 1 is 1.32 bits per heavy atom. The van der Waals surface area contributed by atoms with Crippen molar-refractivity contribution >= 4 is 41.3 Å². The second kappa shape index (κ2) is 8.59. The number of carbonyl (C=O) groups excluding carboxylic acids is 2. The summed E-state index contributed by atoms with van der Waals surface area (Å²) in [4.78, 5) is 38.2. The van der Waals surface area contributed by atoms with Gasteiger partial charge in [0.1, 0.15) is 22.9 Å². The molecule has 1 aromatic carbocycles. The van der Waals surface area contributed by atoms with Gasteiger partial charge in [0.2, 0.25) is 11.1 Å². The largest absolute Gasteiger partial charge is 0.508 e. The van der Waals surface area contributed by atoms with Crippen LogP contribution in [0.5, 0.6) is 5.75 Å². The zero-order valence-corrected chi connectivity index (χ0v) is 17.9. The Balaban J connectivity index is 1.43. The minimum Gasteiger partial charge on any atom is -0.508 e. The number of phenolic OH excluding ortho intramolecular Hbond substituents is 1. The highest BCUT2D eigenvalue weighted by molar-refractivity contribution is 8.01. The molecule has 2 aliphatic rings. The van der Waals surface area contributed by atoms with Crippen LogP contribution in [-0.2, 0) is 27.9 Å². The molecule has 13 heteroatoms. The number of aryl methyl sites for hydroxylation is 1. The van der Waals surface area contributed by atoms with Gasteiger partial charge in [-0.1, -0.05) is 23.9 Å². The van der Waals surface area contributed by atoms with Crippen LogP contribution < -0.4 is 5.32 Å². The molecule has 2 atom stereocenters. The van der Waals surface area contributed by atoms with Gasteiger partial charge in [-0.25, -0.2) is 9.48 Å². The fourth-order valence-corrected chi connectivity index (χ4v) is 5.65. The van der Waals surface area contributed by atoms with Crippen molar-refractivity contribution in [3.63, 3.8) is 0 Å². The summed E-state index contributed by atoms with van der Waals surface area (Å²) >= 11 is 2.70. The van der Waals surface area contributed by atoms with Gasteiger partial charge in [-0.3, -0.25) is 14.5 Å². The number of tetrazole rings is 1.